The molecule has 1 aliphatic carbocycles. The quantitative estimate of drug-likeness (QED) is 0.600. The predicted molar refractivity (Wildman–Crippen MR) is 74.7 cm³/mol. The Morgan fingerprint density at radius 3 is 2.18 bits per heavy atom. The van der Waals surface area contributed by atoms with Crippen LogP contribution in [0.5, 0.6) is 0 Å². The molecule has 1 aliphatic rings. The normalized spacial score (nSPS) is 19.7. The average Bonchev–Trinajstić information content (AvgIpc) is 2.52. The van der Waals surface area contributed by atoms with E-state index < -0.39 is 0 Å². The summed E-state index contributed by atoms with van der Waals surface area (Å²) in [7, 11) is 0. The summed E-state index contributed by atoms with van der Waals surface area (Å²) in [5.74, 6) is 0.550. The summed E-state index contributed by atoms with van der Waals surface area (Å²) in [5, 5.41) is 3.01. The van der Waals surface area contributed by atoms with Crippen molar-refractivity contribution in [1.29, 1.82) is 0 Å². The van der Waals surface area contributed by atoms with Gasteiger partial charge in [-0.2, -0.15) is 0 Å². The third-order valence-electron chi connectivity index (χ3n) is 3.50. The smallest absolute Gasteiger partial charge is 0.223 e. The SMILES string of the molecule is CC(C)C(NC(=O)C1CCCCCC1)C(N)=S. The molecule has 1 unspecified atom stereocenters. The fourth-order valence-corrected chi connectivity index (χ4v) is 2.71. The molecule has 0 aromatic carbocycles. The van der Waals surface area contributed by atoms with E-state index in [9.17, 15) is 4.79 Å². The molecule has 17 heavy (non-hydrogen) atoms. The van der Waals surface area contributed by atoms with Crippen LogP contribution in [0.1, 0.15) is 52.4 Å². The minimum atomic E-state index is -0.166. The Labute approximate surface area is 110 Å². The Morgan fingerprint density at radius 2 is 1.76 bits per heavy atom. The van der Waals surface area contributed by atoms with Crippen molar-refractivity contribution >= 4 is 23.1 Å². The molecule has 0 aromatic rings. The number of rotatable bonds is 4. The third kappa shape index (κ3) is 4.62. The van der Waals surface area contributed by atoms with Gasteiger partial charge in [0.1, 0.15) is 0 Å². The second-order valence-corrected chi connectivity index (χ2v) is 5.79. The number of carbonyl (C=O) groups excluding carboxylic acids is 1. The van der Waals surface area contributed by atoms with Gasteiger partial charge in [0.25, 0.3) is 0 Å². The summed E-state index contributed by atoms with van der Waals surface area (Å²) >= 11 is 5.00. The molecule has 0 spiro atoms. The maximum absolute atomic E-state index is 12.1. The Kier molecular flexibility index (Phi) is 5.89. The van der Waals surface area contributed by atoms with Crippen LogP contribution in [-0.4, -0.2) is 16.9 Å². The number of hydrogen-bond donors (Lipinski definition) is 2. The molecule has 3 nitrogen and oxygen atoms in total. The van der Waals surface area contributed by atoms with E-state index in [1.807, 2.05) is 13.8 Å². The topological polar surface area (TPSA) is 55.1 Å². The molecule has 1 amide bonds. The van der Waals surface area contributed by atoms with Crippen LogP contribution in [0.3, 0.4) is 0 Å². The van der Waals surface area contributed by atoms with Crippen LogP contribution < -0.4 is 11.1 Å². The summed E-state index contributed by atoms with van der Waals surface area (Å²) in [4.78, 5) is 12.5. The molecule has 0 heterocycles. The van der Waals surface area contributed by atoms with Gasteiger partial charge >= 0.3 is 0 Å². The van der Waals surface area contributed by atoms with E-state index >= 15 is 0 Å². The van der Waals surface area contributed by atoms with Gasteiger partial charge in [-0.15, -0.1) is 0 Å². The zero-order chi connectivity index (χ0) is 12.8. The number of nitrogens with one attached hydrogen (secondary N) is 1. The van der Waals surface area contributed by atoms with Crippen molar-refractivity contribution in [2.75, 3.05) is 0 Å². The number of hydrogen-bond acceptors (Lipinski definition) is 2. The van der Waals surface area contributed by atoms with Gasteiger partial charge in [-0.25, -0.2) is 0 Å². The van der Waals surface area contributed by atoms with Crippen molar-refractivity contribution in [3.63, 3.8) is 0 Å². The zero-order valence-electron chi connectivity index (χ0n) is 10.9. The molecular weight excluding hydrogens is 232 g/mol. The highest BCUT2D eigenvalue weighted by molar-refractivity contribution is 7.80. The van der Waals surface area contributed by atoms with Gasteiger partial charge in [0, 0.05) is 5.92 Å². The monoisotopic (exact) mass is 256 g/mol. The van der Waals surface area contributed by atoms with Gasteiger partial charge in [-0.05, 0) is 18.8 Å². The van der Waals surface area contributed by atoms with E-state index in [2.05, 4.69) is 5.32 Å². The lowest BCUT2D eigenvalue weighted by atomic mass is 9.97. The second kappa shape index (κ2) is 6.94. The first kappa shape index (κ1) is 14.4. The minimum absolute atomic E-state index is 0.137. The van der Waals surface area contributed by atoms with Gasteiger partial charge in [-0.3, -0.25) is 4.79 Å². The number of carbonyl (C=O) groups is 1. The van der Waals surface area contributed by atoms with E-state index in [0.29, 0.717) is 4.99 Å². The zero-order valence-corrected chi connectivity index (χ0v) is 11.7. The largest absolute Gasteiger partial charge is 0.392 e. The Morgan fingerprint density at radius 1 is 1.24 bits per heavy atom. The number of thiocarbonyl (C=S) groups is 1. The molecule has 0 bridgehead atoms. The molecule has 0 aromatic heterocycles. The summed E-state index contributed by atoms with van der Waals surface area (Å²) in [6.07, 6.45) is 6.86. The lowest BCUT2D eigenvalue weighted by Gasteiger charge is -2.24. The van der Waals surface area contributed by atoms with Crippen molar-refractivity contribution < 1.29 is 4.79 Å². The van der Waals surface area contributed by atoms with Gasteiger partial charge in [-0.1, -0.05) is 51.7 Å². The van der Waals surface area contributed by atoms with Crippen LogP contribution in [0.25, 0.3) is 0 Å². The summed E-state index contributed by atoms with van der Waals surface area (Å²) in [6, 6.07) is -0.166. The molecular formula is C13H24N2OS. The van der Waals surface area contributed by atoms with Crippen molar-refractivity contribution in [1.82, 2.24) is 5.32 Å². The predicted octanol–water partition coefficient (Wildman–Crippen LogP) is 2.38. The highest BCUT2D eigenvalue weighted by atomic mass is 32.1. The van der Waals surface area contributed by atoms with Crippen LogP contribution in [0, 0.1) is 11.8 Å². The van der Waals surface area contributed by atoms with Crippen LogP contribution in [0.2, 0.25) is 0 Å². The molecule has 1 fully saturated rings. The highest BCUT2D eigenvalue weighted by Crippen LogP contribution is 2.23. The molecule has 0 radical (unpaired) electrons. The Hall–Kier alpha value is -0.640. The van der Waals surface area contributed by atoms with Crippen LogP contribution in [-0.2, 0) is 4.79 Å². The van der Waals surface area contributed by atoms with E-state index in [1.165, 1.54) is 12.8 Å². The first-order valence-corrected chi connectivity index (χ1v) is 7.03. The first-order valence-electron chi connectivity index (χ1n) is 6.62. The van der Waals surface area contributed by atoms with E-state index in [0.717, 1.165) is 25.7 Å². The van der Waals surface area contributed by atoms with Crippen molar-refractivity contribution in [3.05, 3.63) is 0 Å². The molecule has 4 heteroatoms. The van der Waals surface area contributed by atoms with Gasteiger partial charge in [0.05, 0.1) is 11.0 Å². The Bertz CT molecular complexity index is 271. The fraction of sp³-hybridized carbons (Fsp3) is 0.846. The number of amides is 1. The lowest BCUT2D eigenvalue weighted by molar-refractivity contribution is -0.125. The molecule has 1 rings (SSSR count). The van der Waals surface area contributed by atoms with Crippen LogP contribution in [0.15, 0.2) is 0 Å². The first-order chi connectivity index (χ1) is 8.02. The summed E-state index contributed by atoms with van der Waals surface area (Å²) in [6.45, 7) is 4.05. The molecule has 0 aliphatic heterocycles. The van der Waals surface area contributed by atoms with Gasteiger partial charge in [0.2, 0.25) is 5.91 Å². The molecule has 3 N–H and O–H groups in total. The maximum Gasteiger partial charge on any atom is 0.223 e. The lowest BCUT2D eigenvalue weighted by Crippen LogP contribution is -2.48. The van der Waals surface area contributed by atoms with Crippen molar-refractivity contribution in [2.45, 2.75) is 58.4 Å². The van der Waals surface area contributed by atoms with Crippen LogP contribution >= 0.6 is 12.2 Å². The third-order valence-corrected chi connectivity index (χ3v) is 3.75. The van der Waals surface area contributed by atoms with Gasteiger partial charge < -0.3 is 11.1 Å². The molecule has 0 saturated heterocycles. The highest BCUT2D eigenvalue weighted by Gasteiger charge is 2.25. The minimum Gasteiger partial charge on any atom is -0.392 e. The summed E-state index contributed by atoms with van der Waals surface area (Å²) < 4.78 is 0. The fourth-order valence-electron chi connectivity index (χ4n) is 2.38. The van der Waals surface area contributed by atoms with E-state index in [-0.39, 0.29) is 23.8 Å². The van der Waals surface area contributed by atoms with E-state index in [1.54, 1.807) is 0 Å². The van der Waals surface area contributed by atoms with Crippen LogP contribution in [0.4, 0.5) is 0 Å². The maximum atomic E-state index is 12.1. The average molecular weight is 256 g/mol. The molecule has 1 saturated carbocycles. The molecule has 1 atom stereocenters. The van der Waals surface area contributed by atoms with E-state index in [4.69, 9.17) is 18.0 Å². The number of nitrogens with two attached hydrogens (primary N) is 1. The molecule has 98 valence electrons. The standard InChI is InChI=1S/C13H24N2OS/c1-9(2)11(12(14)17)15-13(16)10-7-5-3-4-6-8-10/h9-11H,3-8H2,1-2H3,(H2,14,17)(H,15,16). The summed E-state index contributed by atoms with van der Waals surface area (Å²) in [5.41, 5.74) is 5.66. The van der Waals surface area contributed by atoms with Gasteiger partial charge in [0.15, 0.2) is 0 Å². The van der Waals surface area contributed by atoms with Crippen molar-refractivity contribution in [2.24, 2.45) is 17.6 Å². The second-order valence-electron chi connectivity index (χ2n) is 5.32. The Balaban J connectivity index is 2.53. The van der Waals surface area contributed by atoms with Crippen molar-refractivity contribution in [3.8, 4) is 0 Å².